The fourth-order valence-corrected chi connectivity index (χ4v) is 7.70. The maximum atomic E-state index is 13.2. The first-order valence-corrected chi connectivity index (χ1v) is 14.1. The van der Waals surface area contributed by atoms with Gasteiger partial charge in [-0.05, 0) is 57.2 Å². The van der Waals surface area contributed by atoms with Gasteiger partial charge in [0.15, 0.2) is 6.04 Å². The summed E-state index contributed by atoms with van der Waals surface area (Å²) in [6, 6.07) is 6.27. The number of benzene rings is 1. The minimum absolute atomic E-state index is 0.0573. The predicted molar refractivity (Wildman–Crippen MR) is 132 cm³/mol. The first kappa shape index (κ1) is 27.2. The molecule has 2 N–H and O–H groups in total. The first-order chi connectivity index (χ1) is 16.6. The first-order valence-electron chi connectivity index (χ1n) is 12.1. The highest BCUT2D eigenvalue weighted by Crippen LogP contribution is 2.71. The van der Waals surface area contributed by atoms with Gasteiger partial charge >= 0.3 is 6.18 Å². The van der Waals surface area contributed by atoms with Crippen LogP contribution in [0.2, 0.25) is 5.02 Å². The van der Waals surface area contributed by atoms with E-state index in [2.05, 4.69) is 15.6 Å². The Balaban J connectivity index is 1.47. The lowest BCUT2D eigenvalue weighted by Gasteiger charge is -2.73. The molecule has 1 amide bonds. The van der Waals surface area contributed by atoms with E-state index >= 15 is 0 Å². The Morgan fingerprint density at radius 3 is 2.39 bits per heavy atom. The zero-order valence-electron chi connectivity index (χ0n) is 20.6. The second-order valence-electron chi connectivity index (χ2n) is 10.9. The van der Waals surface area contributed by atoms with E-state index in [1.165, 1.54) is 0 Å². The van der Waals surface area contributed by atoms with Gasteiger partial charge in [-0.3, -0.25) is 9.79 Å². The fourth-order valence-electron chi connectivity index (χ4n) is 5.71. The molecule has 3 fully saturated rings. The Morgan fingerprint density at radius 2 is 1.83 bits per heavy atom. The van der Waals surface area contributed by atoms with Gasteiger partial charge < -0.3 is 10.6 Å². The van der Waals surface area contributed by atoms with Gasteiger partial charge in [0, 0.05) is 29.1 Å². The van der Waals surface area contributed by atoms with E-state index in [1.54, 1.807) is 30.3 Å². The number of amidine groups is 1. The zero-order valence-corrected chi connectivity index (χ0v) is 22.2. The smallest absolute Gasteiger partial charge is 0.366 e. The number of carbonyl (C=O) groups excluding carboxylic acids is 1. The van der Waals surface area contributed by atoms with E-state index in [0.717, 1.165) is 5.56 Å². The number of amides is 1. The number of alkyl halides is 3. The second-order valence-corrected chi connectivity index (χ2v) is 13.3. The molecule has 12 heteroatoms. The minimum atomic E-state index is -4.35. The largest absolute Gasteiger partial charge is 0.390 e. The number of aliphatic imine (C=N–C) groups is 1. The molecule has 5 rings (SSSR count). The average Bonchev–Trinajstić information content (AvgIpc) is 3.00. The molecule has 1 heterocycles. The molecule has 3 saturated carbocycles. The third-order valence-corrected chi connectivity index (χ3v) is 9.77. The molecule has 200 valence electrons. The SMILES string of the molecule is CCCS(=O)(=O)N(Cc1ccc(Cl)cc1)C12CC(C3=N[C@@H](C(=O)NCCC(F)(F)F)C(C)(C)N3)(C1)C2. The quantitative estimate of drug-likeness (QED) is 0.462. The molecular formula is C24H32ClF3N4O3S. The summed E-state index contributed by atoms with van der Waals surface area (Å²) in [5, 5.41) is 6.23. The molecule has 0 spiro atoms. The highest BCUT2D eigenvalue weighted by Gasteiger charge is 2.75. The van der Waals surface area contributed by atoms with Gasteiger partial charge in [0.05, 0.1) is 17.7 Å². The van der Waals surface area contributed by atoms with Crippen molar-refractivity contribution in [1.82, 2.24) is 14.9 Å². The monoisotopic (exact) mass is 548 g/mol. The number of rotatable bonds is 10. The molecule has 0 saturated heterocycles. The van der Waals surface area contributed by atoms with Crippen molar-refractivity contribution >= 4 is 33.4 Å². The van der Waals surface area contributed by atoms with Gasteiger partial charge in [-0.1, -0.05) is 30.7 Å². The molecular weight excluding hydrogens is 517 g/mol. The Bertz CT molecular complexity index is 1130. The lowest BCUT2D eigenvalue weighted by atomic mass is 9.38. The van der Waals surface area contributed by atoms with Crippen molar-refractivity contribution in [2.75, 3.05) is 12.3 Å². The van der Waals surface area contributed by atoms with E-state index in [1.807, 2.05) is 19.1 Å². The normalized spacial score (nSPS) is 28.7. The van der Waals surface area contributed by atoms with Crippen LogP contribution in [0.1, 0.15) is 58.4 Å². The van der Waals surface area contributed by atoms with Gasteiger partial charge in [-0.15, -0.1) is 0 Å². The number of nitrogens with one attached hydrogen (secondary N) is 2. The molecule has 36 heavy (non-hydrogen) atoms. The van der Waals surface area contributed by atoms with Gasteiger partial charge in [-0.25, -0.2) is 8.42 Å². The molecule has 1 aliphatic heterocycles. The van der Waals surface area contributed by atoms with E-state index < -0.39 is 52.2 Å². The minimum Gasteiger partial charge on any atom is -0.366 e. The van der Waals surface area contributed by atoms with Crippen LogP contribution in [-0.2, 0) is 21.4 Å². The van der Waals surface area contributed by atoms with Crippen molar-refractivity contribution in [3.63, 3.8) is 0 Å². The molecule has 0 radical (unpaired) electrons. The van der Waals surface area contributed by atoms with Crippen molar-refractivity contribution in [2.24, 2.45) is 10.4 Å². The number of hydrogen-bond donors (Lipinski definition) is 2. The Labute approximate surface area is 214 Å². The number of nitrogens with zero attached hydrogens (tertiary/aromatic N) is 2. The van der Waals surface area contributed by atoms with Crippen LogP contribution in [0.5, 0.6) is 0 Å². The second kappa shape index (κ2) is 9.16. The summed E-state index contributed by atoms with van der Waals surface area (Å²) in [7, 11) is -3.50. The molecule has 7 nitrogen and oxygen atoms in total. The summed E-state index contributed by atoms with van der Waals surface area (Å²) in [6.45, 7) is 5.17. The van der Waals surface area contributed by atoms with E-state index in [0.29, 0.717) is 36.5 Å². The highest BCUT2D eigenvalue weighted by atomic mass is 35.5. The maximum absolute atomic E-state index is 13.2. The molecule has 0 aromatic heterocycles. The summed E-state index contributed by atoms with van der Waals surface area (Å²) in [4.78, 5) is 17.2. The topological polar surface area (TPSA) is 90.9 Å². The van der Waals surface area contributed by atoms with Crippen LogP contribution in [0.3, 0.4) is 0 Å². The molecule has 4 aliphatic rings. The summed E-state index contributed by atoms with van der Waals surface area (Å²) in [5.41, 5.74) is -0.768. The van der Waals surface area contributed by atoms with E-state index in [4.69, 9.17) is 11.6 Å². The maximum Gasteiger partial charge on any atom is 0.390 e. The molecule has 2 bridgehead atoms. The van der Waals surface area contributed by atoms with Crippen molar-refractivity contribution in [3.05, 3.63) is 34.9 Å². The molecule has 1 atom stereocenters. The van der Waals surface area contributed by atoms with Crippen LogP contribution < -0.4 is 10.6 Å². The van der Waals surface area contributed by atoms with E-state index in [9.17, 15) is 26.4 Å². The van der Waals surface area contributed by atoms with Crippen molar-refractivity contribution in [3.8, 4) is 0 Å². The number of sulfonamides is 1. The molecule has 0 unspecified atom stereocenters. The molecule has 3 aliphatic carbocycles. The van der Waals surface area contributed by atoms with Gasteiger partial charge in [0.2, 0.25) is 15.9 Å². The number of carbonyl (C=O) groups is 1. The Hall–Kier alpha value is -1.85. The lowest BCUT2D eigenvalue weighted by Crippen LogP contribution is -2.78. The molecule has 1 aromatic carbocycles. The fraction of sp³-hybridized carbons (Fsp3) is 0.667. The van der Waals surface area contributed by atoms with Crippen LogP contribution in [0.4, 0.5) is 13.2 Å². The summed E-state index contributed by atoms with van der Waals surface area (Å²) >= 11 is 5.99. The highest BCUT2D eigenvalue weighted by molar-refractivity contribution is 7.89. The third-order valence-electron chi connectivity index (χ3n) is 7.41. The van der Waals surface area contributed by atoms with Gasteiger partial charge in [0.25, 0.3) is 0 Å². The summed E-state index contributed by atoms with van der Waals surface area (Å²) < 4.78 is 65.4. The number of hydrogen-bond acceptors (Lipinski definition) is 5. The standard InChI is InChI=1S/C24H32ClF3N4O3S/c1-4-11-36(34,35)32(12-16-5-7-17(25)8-6-16)23-13-22(14-23,15-23)20-30-18(21(2,3)31-20)19(33)29-10-9-24(26,27)28/h5-8,18H,4,9-15H2,1-3H3,(H,29,33)(H,30,31)/t18-,22?,23?/m0/s1. The summed E-state index contributed by atoms with van der Waals surface area (Å²) in [6.07, 6.45) is -3.18. The zero-order chi connectivity index (χ0) is 26.6. The van der Waals surface area contributed by atoms with Crippen LogP contribution >= 0.6 is 11.6 Å². The Morgan fingerprint density at radius 1 is 1.22 bits per heavy atom. The van der Waals surface area contributed by atoms with Crippen LogP contribution in [0.15, 0.2) is 29.3 Å². The summed E-state index contributed by atoms with van der Waals surface area (Å²) in [5.74, 6) is 0.148. The lowest BCUT2D eigenvalue weighted by molar-refractivity contribution is -0.151. The van der Waals surface area contributed by atoms with Crippen LogP contribution in [0, 0.1) is 5.41 Å². The van der Waals surface area contributed by atoms with Crippen LogP contribution in [0.25, 0.3) is 0 Å². The van der Waals surface area contributed by atoms with Crippen molar-refractivity contribution in [1.29, 1.82) is 0 Å². The van der Waals surface area contributed by atoms with Crippen molar-refractivity contribution in [2.45, 2.75) is 82.7 Å². The third kappa shape index (κ3) is 5.11. The van der Waals surface area contributed by atoms with Gasteiger partial charge in [0.1, 0.15) is 5.84 Å². The van der Waals surface area contributed by atoms with Crippen molar-refractivity contribution < 1.29 is 26.4 Å². The molecule has 1 aromatic rings. The predicted octanol–water partition coefficient (Wildman–Crippen LogP) is 4.02. The number of halogens is 4. The van der Waals surface area contributed by atoms with Gasteiger partial charge in [-0.2, -0.15) is 17.5 Å². The van der Waals surface area contributed by atoms with E-state index in [-0.39, 0.29) is 17.7 Å². The average molecular weight is 549 g/mol. The van der Waals surface area contributed by atoms with Crippen LogP contribution in [-0.4, -0.2) is 60.1 Å². The Kier molecular flexibility index (Phi) is 6.92.